The third kappa shape index (κ3) is 1.58. The molecule has 0 nitrogen and oxygen atoms in total. The number of alkyl halides is 3. The van der Waals surface area contributed by atoms with Crippen molar-refractivity contribution in [2.24, 2.45) is 0 Å². The Morgan fingerprint density at radius 3 is 2.06 bits per heavy atom. The average Bonchev–Trinajstić information content (AvgIpc) is 2.66. The second-order valence-corrected chi connectivity index (χ2v) is 3.88. The zero-order chi connectivity index (χ0) is 12.2. The van der Waals surface area contributed by atoms with Crippen LogP contribution in [0.1, 0.15) is 12.0 Å². The highest BCUT2D eigenvalue weighted by atomic mass is 19.4. The van der Waals surface area contributed by atoms with Gasteiger partial charge in [-0.15, -0.1) is 5.46 Å². The summed E-state index contributed by atoms with van der Waals surface area (Å²) >= 11 is 0. The molecule has 7 heteroatoms. The second-order valence-electron chi connectivity index (χ2n) is 3.88. The summed E-state index contributed by atoms with van der Waals surface area (Å²) in [6.07, 6.45) is -1.05. The predicted molar refractivity (Wildman–Crippen MR) is 47.5 cm³/mol. The van der Waals surface area contributed by atoms with E-state index in [9.17, 15) is 26.1 Å². The van der Waals surface area contributed by atoms with Crippen molar-refractivity contribution in [1.82, 2.24) is 0 Å². The lowest BCUT2D eigenvalue weighted by Gasteiger charge is -2.17. The van der Waals surface area contributed by atoms with Gasteiger partial charge in [-0.05, 0) is 5.56 Å². The molecule has 1 fully saturated rings. The lowest BCUT2D eigenvalue weighted by atomic mass is 9.79. The first-order valence-corrected chi connectivity index (χ1v) is 4.54. The van der Waals surface area contributed by atoms with E-state index >= 15 is 0 Å². The molecule has 0 radical (unpaired) electrons. The maximum absolute atomic E-state index is 13.5. The van der Waals surface area contributed by atoms with Crippen LogP contribution in [-0.2, 0) is 5.67 Å². The van der Waals surface area contributed by atoms with Gasteiger partial charge in [-0.1, -0.05) is 24.3 Å². The molecule has 1 aliphatic carbocycles. The SMILES string of the molecule is F[B-](F)(F)c1cccc(C2(F)CC2(F)F)c1. The normalized spacial score (nSPS) is 27.9. The Labute approximate surface area is 87.3 Å². The van der Waals surface area contributed by atoms with Crippen molar-refractivity contribution in [1.29, 1.82) is 0 Å². The molecule has 0 amide bonds. The van der Waals surface area contributed by atoms with Crippen molar-refractivity contribution in [3.63, 3.8) is 0 Å². The van der Waals surface area contributed by atoms with Crippen LogP contribution in [0, 0.1) is 0 Å². The highest BCUT2D eigenvalue weighted by molar-refractivity contribution is 6.73. The van der Waals surface area contributed by atoms with Crippen LogP contribution in [-0.4, -0.2) is 12.9 Å². The van der Waals surface area contributed by atoms with Crippen molar-refractivity contribution in [2.75, 3.05) is 0 Å². The van der Waals surface area contributed by atoms with Gasteiger partial charge >= 0.3 is 6.98 Å². The third-order valence-electron chi connectivity index (χ3n) is 2.64. The molecule has 1 saturated carbocycles. The molecule has 16 heavy (non-hydrogen) atoms. The molecule has 0 aliphatic heterocycles. The van der Waals surface area contributed by atoms with Crippen molar-refractivity contribution < 1.29 is 26.1 Å². The summed E-state index contributed by atoms with van der Waals surface area (Å²) in [5.41, 5.74) is -4.59. The molecule has 1 aromatic carbocycles. The Hall–Kier alpha value is -1.14. The largest absolute Gasteiger partial charge is 0.509 e. The van der Waals surface area contributed by atoms with Gasteiger partial charge in [0.15, 0.2) is 0 Å². The number of hydrogen-bond donors (Lipinski definition) is 0. The van der Waals surface area contributed by atoms with E-state index < -0.39 is 36.0 Å². The number of rotatable bonds is 2. The van der Waals surface area contributed by atoms with Crippen LogP contribution in [0.3, 0.4) is 0 Å². The summed E-state index contributed by atoms with van der Waals surface area (Å²) in [6, 6.07) is 3.09. The maximum Gasteiger partial charge on any atom is 0.509 e. The minimum Gasteiger partial charge on any atom is -0.445 e. The Morgan fingerprint density at radius 1 is 1.06 bits per heavy atom. The molecule has 1 aromatic rings. The van der Waals surface area contributed by atoms with E-state index in [4.69, 9.17) is 0 Å². The number of hydrogen-bond acceptors (Lipinski definition) is 0. The van der Waals surface area contributed by atoms with Crippen molar-refractivity contribution in [3.05, 3.63) is 29.8 Å². The van der Waals surface area contributed by atoms with Gasteiger partial charge in [0, 0.05) is 0 Å². The molecule has 0 spiro atoms. The molecule has 0 heterocycles. The summed E-state index contributed by atoms with van der Waals surface area (Å²) in [7, 11) is 0. The van der Waals surface area contributed by atoms with Gasteiger partial charge in [0.05, 0.1) is 6.42 Å². The summed E-state index contributed by atoms with van der Waals surface area (Å²) in [5.74, 6) is -3.55. The van der Waals surface area contributed by atoms with Crippen LogP contribution in [0.2, 0.25) is 0 Å². The number of benzene rings is 1. The lowest BCUT2D eigenvalue weighted by Crippen LogP contribution is -2.34. The molecule has 0 bridgehead atoms. The first kappa shape index (κ1) is 11.4. The van der Waals surface area contributed by atoms with Gasteiger partial charge in [-0.25, -0.2) is 13.2 Å². The van der Waals surface area contributed by atoms with Crippen molar-refractivity contribution in [3.8, 4) is 0 Å². The van der Waals surface area contributed by atoms with Crippen LogP contribution in [0.25, 0.3) is 0 Å². The van der Waals surface area contributed by atoms with E-state index in [1.165, 1.54) is 0 Å². The monoisotopic (exact) mass is 239 g/mol. The molecular weight excluding hydrogens is 233 g/mol. The Bertz CT molecular complexity index is 426. The molecule has 0 saturated heterocycles. The molecule has 1 atom stereocenters. The smallest absolute Gasteiger partial charge is 0.445 e. The Morgan fingerprint density at radius 2 is 1.62 bits per heavy atom. The summed E-state index contributed by atoms with van der Waals surface area (Å²) in [5, 5.41) is 0. The molecule has 1 aliphatic rings. The zero-order valence-electron chi connectivity index (χ0n) is 7.86. The molecule has 88 valence electrons. The molecule has 2 rings (SSSR count). The fourth-order valence-electron chi connectivity index (χ4n) is 1.56. The van der Waals surface area contributed by atoms with Crippen LogP contribution in [0.15, 0.2) is 24.3 Å². The van der Waals surface area contributed by atoms with E-state index in [1.807, 2.05) is 0 Å². The van der Waals surface area contributed by atoms with Gasteiger partial charge in [0.2, 0.25) is 5.67 Å². The molecule has 0 aromatic heterocycles. The fraction of sp³-hybridized carbons (Fsp3) is 0.333. The quantitative estimate of drug-likeness (QED) is 0.549. The van der Waals surface area contributed by atoms with Crippen molar-refractivity contribution >= 4 is 12.4 Å². The van der Waals surface area contributed by atoms with E-state index in [2.05, 4.69) is 0 Å². The zero-order valence-corrected chi connectivity index (χ0v) is 7.86. The summed E-state index contributed by atoms with van der Waals surface area (Å²) < 4.78 is 75.7. The van der Waals surface area contributed by atoms with E-state index in [0.717, 1.165) is 18.2 Å². The van der Waals surface area contributed by atoms with E-state index in [0.29, 0.717) is 6.07 Å². The summed E-state index contributed by atoms with van der Waals surface area (Å²) in [6.45, 7) is -5.29. The van der Waals surface area contributed by atoms with Crippen LogP contribution in [0.4, 0.5) is 26.1 Å². The molecule has 1 unspecified atom stereocenters. The van der Waals surface area contributed by atoms with E-state index in [1.54, 1.807) is 0 Å². The van der Waals surface area contributed by atoms with Gasteiger partial charge < -0.3 is 12.9 Å². The fourth-order valence-corrected chi connectivity index (χ4v) is 1.56. The van der Waals surface area contributed by atoms with Crippen LogP contribution < -0.4 is 5.46 Å². The third-order valence-corrected chi connectivity index (χ3v) is 2.64. The van der Waals surface area contributed by atoms with Crippen LogP contribution >= 0.6 is 0 Å². The predicted octanol–water partition coefficient (Wildman–Crippen LogP) is 2.94. The average molecular weight is 239 g/mol. The molecular formula is C9H6BF6-. The first-order valence-electron chi connectivity index (χ1n) is 4.54. The van der Waals surface area contributed by atoms with E-state index in [-0.39, 0.29) is 0 Å². The topological polar surface area (TPSA) is 0 Å². The molecule has 0 N–H and O–H groups in total. The minimum atomic E-state index is -5.29. The second kappa shape index (κ2) is 2.96. The Kier molecular flexibility index (Phi) is 2.10. The Balaban J connectivity index is 2.39. The van der Waals surface area contributed by atoms with Crippen molar-refractivity contribution in [2.45, 2.75) is 18.0 Å². The number of halogens is 6. The van der Waals surface area contributed by atoms with Gasteiger partial charge in [0.1, 0.15) is 0 Å². The lowest BCUT2D eigenvalue weighted by molar-refractivity contribution is 0.0421. The maximum atomic E-state index is 13.5. The minimum absolute atomic E-state index is 0.459. The van der Waals surface area contributed by atoms with Gasteiger partial charge in [-0.2, -0.15) is 0 Å². The van der Waals surface area contributed by atoms with Gasteiger partial charge in [-0.3, -0.25) is 0 Å². The highest BCUT2D eigenvalue weighted by Gasteiger charge is 2.74. The van der Waals surface area contributed by atoms with Crippen LogP contribution in [0.5, 0.6) is 0 Å². The highest BCUT2D eigenvalue weighted by Crippen LogP contribution is 2.62. The summed E-state index contributed by atoms with van der Waals surface area (Å²) in [4.78, 5) is 0. The standard InChI is InChI=1S/C9H6BF6/c11-8(5-9(8,12)13)6-2-1-3-7(4-6)10(14,15)16/h1-4H,5H2/q-1. The van der Waals surface area contributed by atoms with Gasteiger partial charge in [0.25, 0.3) is 5.92 Å². The first-order chi connectivity index (χ1) is 7.17.